The van der Waals surface area contributed by atoms with Gasteiger partial charge >= 0.3 is 0 Å². The Hall–Kier alpha value is -1.52. The summed E-state index contributed by atoms with van der Waals surface area (Å²) in [5.41, 5.74) is 3.13. The molecule has 0 bridgehead atoms. The van der Waals surface area contributed by atoms with Crippen LogP contribution < -0.4 is 5.32 Å². The van der Waals surface area contributed by atoms with Gasteiger partial charge in [0.05, 0.1) is 6.54 Å². The first-order valence-corrected chi connectivity index (χ1v) is 7.77. The topological polar surface area (TPSA) is 32.3 Å². The van der Waals surface area contributed by atoms with Gasteiger partial charge in [0.1, 0.15) is 0 Å². The molecule has 0 saturated carbocycles. The summed E-state index contributed by atoms with van der Waals surface area (Å²) in [5, 5.41) is 5.42. The summed E-state index contributed by atoms with van der Waals surface area (Å²) in [6, 6.07) is 10.1. The van der Waals surface area contributed by atoms with E-state index in [-0.39, 0.29) is 18.3 Å². The smallest absolute Gasteiger partial charge is 0.254 e. The Bertz CT molecular complexity index is 613. The Morgan fingerprint density at radius 2 is 2.19 bits per heavy atom. The van der Waals surface area contributed by atoms with Crippen LogP contribution in [0.5, 0.6) is 0 Å². The van der Waals surface area contributed by atoms with E-state index in [0.717, 1.165) is 30.6 Å². The maximum atomic E-state index is 12.6. The molecule has 0 saturated heterocycles. The molecular formula is C16H19ClN2OS. The number of carbonyl (C=O) groups is 1. The molecule has 1 aromatic carbocycles. The van der Waals surface area contributed by atoms with Crippen LogP contribution in [0.15, 0.2) is 35.7 Å². The van der Waals surface area contributed by atoms with Gasteiger partial charge in [0.25, 0.3) is 5.91 Å². The van der Waals surface area contributed by atoms with E-state index in [2.05, 4.69) is 17.4 Å². The lowest BCUT2D eigenvalue weighted by molar-refractivity contribution is 0.0785. The van der Waals surface area contributed by atoms with Crippen LogP contribution in [0.25, 0.3) is 0 Å². The number of hydrogen-bond acceptors (Lipinski definition) is 3. The molecule has 21 heavy (non-hydrogen) atoms. The highest BCUT2D eigenvalue weighted by Gasteiger charge is 2.20. The molecule has 0 aliphatic carbocycles. The van der Waals surface area contributed by atoms with Crippen molar-refractivity contribution in [3.05, 3.63) is 51.7 Å². The van der Waals surface area contributed by atoms with Crippen molar-refractivity contribution in [2.75, 3.05) is 18.9 Å². The highest BCUT2D eigenvalue weighted by Crippen LogP contribution is 2.26. The monoisotopic (exact) mass is 322 g/mol. The van der Waals surface area contributed by atoms with E-state index in [1.54, 1.807) is 16.2 Å². The van der Waals surface area contributed by atoms with Gasteiger partial charge in [-0.05, 0) is 42.0 Å². The molecule has 112 valence electrons. The first kappa shape index (κ1) is 15.9. The molecule has 1 aromatic heterocycles. The largest absolute Gasteiger partial charge is 0.385 e. The minimum Gasteiger partial charge on any atom is -0.385 e. The first-order valence-electron chi connectivity index (χ1n) is 6.89. The number of amides is 1. The van der Waals surface area contributed by atoms with Crippen LogP contribution in [-0.4, -0.2) is 24.4 Å². The molecule has 1 aliphatic heterocycles. The maximum Gasteiger partial charge on any atom is 0.254 e. The average molecular weight is 323 g/mol. The van der Waals surface area contributed by atoms with Gasteiger partial charge in [0.2, 0.25) is 0 Å². The Labute approximate surface area is 135 Å². The number of anilines is 1. The third kappa shape index (κ3) is 3.39. The van der Waals surface area contributed by atoms with Crippen molar-refractivity contribution in [3.8, 4) is 0 Å². The van der Waals surface area contributed by atoms with E-state index < -0.39 is 0 Å². The molecule has 2 aromatic rings. The molecule has 0 fully saturated rings. The van der Waals surface area contributed by atoms with Gasteiger partial charge in [-0.3, -0.25) is 4.79 Å². The maximum absolute atomic E-state index is 12.6. The number of carbonyl (C=O) groups excluding carboxylic acids is 1. The fourth-order valence-electron chi connectivity index (χ4n) is 2.62. The molecule has 3 rings (SSSR count). The highest BCUT2D eigenvalue weighted by molar-refractivity contribution is 7.09. The third-order valence-corrected chi connectivity index (χ3v) is 4.51. The molecule has 0 radical (unpaired) electrons. The van der Waals surface area contributed by atoms with Crippen LogP contribution in [0.1, 0.15) is 27.2 Å². The van der Waals surface area contributed by atoms with E-state index in [4.69, 9.17) is 0 Å². The zero-order valence-corrected chi connectivity index (χ0v) is 13.6. The minimum atomic E-state index is 0. The van der Waals surface area contributed by atoms with Gasteiger partial charge in [-0.15, -0.1) is 23.7 Å². The molecular weight excluding hydrogens is 304 g/mol. The third-order valence-electron chi connectivity index (χ3n) is 3.65. The minimum absolute atomic E-state index is 0. The van der Waals surface area contributed by atoms with E-state index in [9.17, 15) is 4.79 Å². The van der Waals surface area contributed by atoms with Crippen molar-refractivity contribution in [2.45, 2.75) is 19.4 Å². The summed E-state index contributed by atoms with van der Waals surface area (Å²) < 4.78 is 0. The second-order valence-corrected chi connectivity index (χ2v) is 6.13. The Balaban J connectivity index is 0.00000161. The van der Waals surface area contributed by atoms with Gasteiger partial charge in [-0.1, -0.05) is 12.1 Å². The molecule has 0 spiro atoms. The van der Waals surface area contributed by atoms with Crippen molar-refractivity contribution in [1.82, 2.24) is 4.90 Å². The number of thiophene rings is 1. The lowest BCUT2D eigenvalue weighted by Crippen LogP contribution is -2.28. The lowest BCUT2D eigenvalue weighted by Gasteiger charge is -2.23. The lowest BCUT2D eigenvalue weighted by atomic mass is 9.97. The van der Waals surface area contributed by atoms with E-state index in [0.29, 0.717) is 6.54 Å². The standard InChI is InChI=1S/C16H18N2OS.ClH/c1-18(11-12-5-4-10-20-12)16(19)14-6-2-8-15-13(14)7-3-9-17-15;/h2,4-6,8,10,17H,3,7,9,11H2,1H3;1H. The summed E-state index contributed by atoms with van der Waals surface area (Å²) in [7, 11) is 1.87. The summed E-state index contributed by atoms with van der Waals surface area (Å²) in [6.45, 7) is 1.67. The zero-order chi connectivity index (χ0) is 13.9. The van der Waals surface area contributed by atoms with Crippen molar-refractivity contribution in [1.29, 1.82) is 0 Å². The number of nitrogens with zero attached hydrogens (tertiary/aromatic N) is 1. The van der Waals surface area contributed by atoms with Crippen LogP contribution in [0.3, 0.4) is 0 Å². The van der Waals surface area contributed by atoms with Gasteiger partial charge in [0, 0.05) is 29.7 Å². The Kier molecular flexibility index (Phi) is 5.26. The van der Waals surface area contributed by atoms with Crippen molar-refractivity contribution >= 4 is 35.3 Å². The summed E-state index contributed by atoms with van der Waals surface area (Å²) in [5.74, 6) is 0.110. The molecule has 2 heterocycles. The highest BCUT2D eigenvalue weighted by atomic mass is 35.5. The van der Waals surface area contributed by atoms with Gasteiger partial charge < -0.3 is 10.2 Å². The van der Waals surface area contributed by atoms with Crippen molar-refractivity contribution in [3.63, 3.8) is 0 Å². The van der Waals surface area contributed by atoms with Crippen LogP contribution in [0.4, 0.5) is 5.69 Å². The molecule has 1 N–H and O–H groups in total. The zero-order valence-electron chi connectivity index (χ0n) is 12.0. The fraction of sp³-hybridized carbons (Fsp3) is 0.312. The molecule has 3 nitrogen and oxygen atoms in total. The van der Waals surface area contributed by atoms with Gasteiger partial charge in [-0.2, -0.15) is 0 Å². The molecule has 0 atom stereocenters. The van der Waals surface area contributed by atoms with Gasteiger partial charge in [0.15, 0.2) is 0 Å². The summed E-state index contributed by atoms with van der Waals surface area (Å²) in [6.07, 6.45) is 2.07. The Morgan fingerprint density at radius 1 is 1.33 bits per heavy atom. The predicted octanol–water partition coefficient (Wildman–Crippen LogP) is 3.80. The number of rotatable bonds is 3. The number of halogens is 1. The SMILES string of the molecule is CN(Cc1cccs1)C(=O)c1cccc2c1CCCN2.Cl. The van der Waals surface area contributed by atoms with Crippen molar-refractivity contribution in [2.24, 2.45) is 0 Å². The van der Waals surface area contributed by atoms with Gasteiger partial charge in [-0.25, -0.2) is 0 Å². The van der Waals surface area contributed by atoms with Crippen LogP contribution in [0, 0.1) is 0 Å². The summed E-state index contributed by atoms with van der Waals surface area (Å²) >= 11 is 1.69. The number of benzene rings is 1. The Morgan fingerprint density at radius 3 is 2.95 bits per heavy atom. The summed E-state index contributed by atoms with van der Waals surface area (Å²) in [4.78, 5) is 15.7. The van der Waals surface area contributed by atoms with Crippen LogP contribution in [0.2, 0.25) is 0 Å². The normalized spacial score (nSPS) is 12.8. The van der Waals surface area contributed by atoms with E-state index in [1.165, 1.54) is 10.4 Å². The molecule has 5 heteroatoms. The quantitative estimate of drug-likeness (QED) is 0.932. The first-order chi connectivity index (χ1) is 9.75. The number of fused-ring (bicyclic) bond motifs is 1. The second kappa shape index (κ2) is 6.96. The molecule has 1 amide bonds. The fourth-order valence-corrected chi connectivity index (χ4v) is 3.38. The van der Waals surface area contributed by atoms with E-state index in [1.807, 2.05) is 30.6 Å². The molecule has 1 aliphatic rings. The van der Waals surface area contributed by atoms with Crippen LogP contribution in [-0.2, 0) is 13.0 Å². The molecule has 0 unspecified atom stereocenters. The van der Waals surface area contributed by atoms with Crippen LogP contribution >= 0.6 is 23.7 Å². The predicted molar refractivity (Wildman–Crippen MR) is 90.6 cm³/mol. The number of nitrogens with one attached hydrogen (secondary N) is 1. The van der Waals surface area contributed by atoms with Crippen molar-refractivity contribution < 1.29 is 4.79 Å². The average Bonchev–Trinajstić information content (AvgIpc) is 2.99. The van der Waals surface area contributed by atoms with E-state index >= 15 is 0 Å². The second-order valence-electron chi connectivity index (χ2n) is 5.10. The number of hydrogen-bond donors (Lipinski definition) is 1.